The van der Waals surface area contributed by atoms with E-state index in [1.165, 1.54) is 0 Å². The number of nitrogens with zero attached hydrogens (tertiary/aromatic N) is 2. The van der Waals surface area contributed by atoms with Crippen LogP contribution in [0.25, 0.3) is 10.8 Å². The van der Waals surface area contributed by atoms with Gasteiger partial charge in [-0.3, -0.25) is 4.98 Å². The normalized spacial score (nSPS) is 19.1. The molecule has 0 radical (unpaired) electrons. The van der Waals surface area contributed by atoms with E-state index < -0.39 is 5.60 Å². The van der Waals surface area contributed by atoms with Crippen molar-refractivity contribution in [3.05, 3.63) is 42.2 Å². The molecule has 1 N–H and O–H groups in total. The maximum Gasteiger partial charge on any atom is 1.00 e. The number of piperidine rings is 1. The minimum absolute atomic E-state index is 0. The van der Waals surface area contributed by atoms with Crippen molar-refractivity contribution in [3.8, 4) is 0 Å². The van der Waals surface area contributed by atoms with Gasteiger partial charge < -0.3 is 11.4 Å². The molecule has 96 valence electrons. The fourth-order valence-electron chi connectivity index (χ4n) is 2.72. The molecule has 1 aromatic heterocycles. The maximum atomic E-state index is 10.9. The van der Waals surface area contributed by atoms with Crippen molar-refractivity contribution < 1.29 is 25.4 Å². The van der Waals surface area contributed by atoms with Crippen molar-refractivity contribution in [2.75, 3.05) is 20.1 Å². The molecule has 2 heterocycles. The van der Waals surface area contributed by atoms with E-state index in [1.807, 2.05) is 24.3 Å². The van der Waals surface area contributed by atoms with Gasteiger partial charge >= 0.3 is 18.9 Å². The zero-order valence-electron chi connectivity index (χ0n) is 12.6. The Morgan fingerprint density at radius 2 is 1.89 bits per heavy atom. The number of pyridine rings is 1. The Hall–Kier alpha value is -0.853. The Balaban J connectivity index is 0.000001000. The van der Waals surface area contributed by atoms with Crippen LogP contribution in [0.5, 0.6) is 0 Å². The molecule has 19 heavy (non-hydrogen) atoms. The van der Waals surface area contributed by atoms with E-state index in [4.69, 9.17) is 0 Å². The van der Waals surface area contributed by atoms with Crippen molar-refractivity contribution in [3.63, 3.8) is 0 Å². The molecule has 3 rings (SSSR count). The van der Waals surface area contributed by atoms with Crippen LogP contribution in [0.4, 0.5) is 0 Å². The average molecular weight is 250 g/mol. The molecule has 0 saturated carbocycles. The summed E-state index contributed by atoms with van der Waals surface area (Å²) in [7, 11) is 2.09. The third kappa shape index (κ3) is 2.70. The molecule has 0 amide bonds. The Labute approximate surface area is 127 Å². The molecule has 0 atom stereocenters. The predicted octanol–water partition coefficient (Wildman–Crippen LogP) is -0.735. The third-order valence-corrected chi connectivity index (χ3v) is 3.93. The Bertz CT molecular complexity index is 565. The molecule has 0 unspecified atom stereocenters. The topological polar surface area (TPSA) is 36.4 Å². The largest absolute Gasteiger partial charge is 1.00 e. The number of hydrogen-bond acceptors (Lipinski definition) is 3. The quantitative estimate of drug-likeness (QED) is 0.678. The fourth-order valence-corrected chi connectivity index (χ4v) is 2.72. The van der Waals surface area contributed by atoms with Crippen LogP contribution in [-0.4, -0.2) is 35.1 Å². The van der Waals surface area contributed by atoms with Gasteiger partial charge in [0.1, 0.15) is 5.60 Å². The van der Waals surface area contributed by atoms with Gasteiger partial charge in [0.2, 0.25) is 0 Å². The van der Waals surface area contributed by atoms with Crippen LogP contribution < -0.4 is 18.9 Å². The maximum absolute atomic E-state index is 10.9. The first-order valence-electron chi connectivity index (χ1n) is 6.44. The van der Waals surface area contributed by atoms with Crippen molar-refractivity contribution in [1.82, 2.24) is 9.88 Å². The van der Waals surface area contributed by atoms with Gasteiger partial charge in [-0.25, -0.2) is 0 Å². The van der Waals surface area contributed by atoms with Crippen molar-refractivity contribution in [1.29, 1.82) is 0 Å². The Morgan fingerprint density at radius 3 is 2.63 bits per heavy atom. The molecule has 1 fully saturated rings. The van der Waals surface area contributed by atoms with E-state index in [-0.39, 0.29) is 20.3 Å². The minimum atomic E-state index is -0.770. The second-order valence-electron chi connectivity index (χ2n) is 5.22. The molecule has 1 saturated heterocycles. The summed E-state index contributed by atoms with van der Waals surface area (Å²) in [6.07, 6.45) is 3.31. The first kappa shape index (κ1) is 14.6. The average Bonchev–Trinajstić information content (AvgIpc) is 2.42. The summed E-state index contributed by atoms with van der Waals surface area (Å²) in [6.45, 7) is 1.84. The summed E-state index contributed by atoms with van der Waals surface area (Å²) < 4.78 is 0. The molecule has 0 aliphatic carbocycles. The molecular weight excluding hydrogens is 231 g/mol. The zero-order valence-corrected chi connectivity index (χ0v) is 11.6. The van der Waals surface area contributed by atoms with Crippen LogP contribution in [-0.2, 0) is 5.60 Å². The van der Waals surface area contributed by atoms with Crippen LogP contribution in [0.2, 0.25) is 0 Å². The van der Waals surface area contributed by atoms with Crippen molar-refractivity contribution in [2.24, 2.45) is 0 Å². The summed E-state index contributed by atoms with van der Waals surface area (Å²) in [5.74, 6) is 0. The van der Waals surface area contributed by atoms with Crippen LogP contribution in [0, 0.1) is 0 Å². The van der Waals surface area contributed by atoms with Gasteiger partial charge in [-0.2, -0.15) is 0 Å². The van der Waals surface area contributed by atoms with Crippen LogP contribution in [0.15, 0.2) is 36.5 Å². The second kappa shape index (κ2) is 5.64. The number of fused-ring (bicyclic) bond motifs is 1. The molecule has 1 aliphatic heterocycles. The monoisotopic (exact) mass is 250 g/mol. The van der Waals surface area contributed by atoms with Gasteiger partial charge in [0.25, 0.3) is 0 Å². The molecule has 3 nitrogen and oxygen atoms in total. The molecule has 0 bridgehead atoms. The molecular formula is C15H19LiN2O. The van der Waals surface area contributed by atoms with E-state index in [2.05, 4.69) is 23.0 Å². The number of likely N-dealkylation sites (tertiary alicyclic amines) is 1. The second-order valence-corrected chi connectivity index (χ2v) is 5.22. The van der Waals surface area contributed by atoms with E-state index in [1.54, 1.807) is 6.20 Å². The van der Waals surface area contributed by atoms with Crippen LogP contribution in [0.3, 0.4) is 0 Å². The molecule has 0 spiro atoms. The summed E-state index contributed by atoms with van der Waals surface area (Å²) in [5.41, 5.74) is 0.0709. The summed E-state index contributed by atoms with van der Waals surface area (Å²) in [4.78, 5) is 6.71. The predicted molar refractivity (Wildman–Crippen MR) is 73.5 cm³/mol. The summed E-state index contributed by atoms with van der Waals surface area (Å²) in [6, 6.07) is 10.1. The number of hydrogen-bond donors (Lipinski definition) is 1. The Kier molecular flexibility index (Phi) is 4.32. The van der Waals surface area contributed by atoms with E-state index in [0.717, 1.165) is 42.4 Å². The van der Waals surface area contributed by atoms with Gasteiger partial charge in [-0.05, 0) is 31.3 Å². The number of aliphatic hydroxyl groups is 1. The molecule has 1 aliphatic rings. The van der Waals surface area contributed by atoms with Gasteiger partial charge in [0.15, 0.2) is 0 Å². The van der Waals surface area contributed by atoms with Gasteiger partial charge in [0.05, 0.1) is 5.69 Å². The van der Waals surface area contributed by atoms with Crippen LogP contribution >= 0.6 is 0 Å². The zero-order chi connectivity index (χ0) is 12.6. The van der Waals surface area contributed by atoms with E-state index >= 15 is 0 Å². The van der Waals surface area contributed by atoms with Crippen LogP contribution in [0.1, 0.15) is 20.0 Å². The SMILES string of the molecule is CN1CCC(O)(c2nccc3ccccc23)CC1.[H-].[Li+]. The number of aromatic nitrogens is 1. The number of rotatable bonds is 1. The smallest absolute Gasteiger partial charge is 1.00 e. The van der Waals surface area contributed by atoms with E-state index in [9.17, 15) is 5.11 Å². The van der Waals surface area contributed by atoms with E-state index in [0.29, 0.717) is 0 Å². The number of benzene rings is 1. The standard InChI is InChI=1S/C15H18N2O.Li.H/c1-17-10-7-15(18,8-11-17)14-13-5-3-2-4-12(13)6-9-16-14;;/h2-6,9,18H,7-8,10-11H2,1H3;;/q;+1;-1. The van der Waals surface area contributed by atoms with Crippen molar-refractivity contribution in [2.45, 2.75) is 18.4 Å². The van der Waals surface area contributed by atoms with Gasteiger partial charge in [0, 0.05) is 24.7 Å². The first-order valence-corrected chi connectivity index (χ1v) is 6.44. The molecule has 4 heteroatoms. The third-order valence-electron chi connectivity index (χ3n) is 3.93. The minimum Gasteiger partial charge on any atom is -1.00 e. The van der Waals surface area contributed by atoms with Gasteiger partial charge in [-0.15, -0.1) is 0 Å². The summed E-state index contributed by atoms with van der Waals surface area (Å²) >= 11 is 0. The van der Waals surface area contributed by atoms with Gasteiger partial charge in [-0.1, -0.05) is 24.3 Å². The Morgan fingerprint density at radius 1 is 1.21 bits per heavy atom. The summed E-state index contributed by atoms with van der Waals surface area (Å²) in [5, 5.41) is 13.1. The van der Waals surface area contributed by atoms with Crippen molar-refractivity contribution >= 4 is 10.8 Å². The molecule has 2 aromatic rings. The fraction of sp³-hybridized carbons (Fsp3) is 0.400. The first-order chi connectivity index (χ1) is 8.69. The molecule has 1 aromatic carbocycles.